The first-order valence-electron chi connectivity index (χ1n) is 4.93. The number of amidine groups is 1. The van der Waals surface area contributed by atoms with E-state index in [1.54, 1.807) is 0 Å². The lowest BCUT2D eigenvalue weighted by atomic mass is 9.95. The molecule has 4 heteroatoms. The largest absolute Gasteiger partial charge is 0.409 e. The van der Waals surface area contributed by atoms with Crippen molar-refractivity contribution in [3.05, 3.63) is 0 Å². The normalized spacial score (nSPS) is 16.0. The van der Waals surface area contributed by atoms with Crippen LogP contribution in [0.3, 0.4) is 0 Å². The van der Waals surface area contributed by atoms with Crippen LogP contribution in [0.15, 0.2) is 5.16 Å². The molecule has 4 nitrogen and oxygen atoms in total. The van der Waals surface area contributed by atoms with E-state index in [1.807, 2.05) is 0 Å². The van der Waals surface area contributed by atoms with Crippen molar-refractivity contribution in [2.45, 2.75) is 40.2 Å². The van der Waals surface area contributed by atoms with Crippen LogP contribution in [-0.2, 0) is 0 Å². The molecule has 3 N–H and O–H groups in total. The molecule has 0 aromatic rings. The number of oxime groups is 1. The van der Waals surface area contributed by atoms with Gasteiger partial charge in [-0.05, 0) is 19.4 Å². The van der Waals surface area contributed by atoms with Crippen molar-refractivity contribution in [1.29, 1.82) is 0 Å². The Labute approximate surface area is 86.8 Å². The Bertz CT molecular complexity index is 196. The molecule has 0 bridgehead atoms. The summed E-state index contributed by atoms with van der Waals surface area (Å²) in [5.74, 6) is 0.290. The Morgan fingerprint density at radius 2 is 2.00 bits per heavy atom. The summed E-state index contributed by atoms with van der Waals surface area (Å²) >= 11 is 0. The molecular formula is C10H23N3O. The topological polar surface area (TPSA) is 61.9 Å². The molecule has 0 radical (unpaired) electrons. The van der Waals surface area contributed by atoms with Gasteiger partial charge in [0.25, 0.3) is 0 Å². The lowest BCUT2D eigenvalue weighted by Gasteiger charge is -2.31. The van der Waals surface area contributed by atoms with E-state index >= 15 is 0 Å². The highest BCUT2D eigenvalue weighted by Crippen LogP contribution is 2.16. The van der Waals surface area contributed by atoms with Crippen molar-refractivity contribution in [3.8, 4) is 0 Å². The number of hydrogen-bond donors (Lipinski definition) is 2. The second-order valence-corrected chi connectivity index (χ2v) is 5.12. The van der Waals surface area contributed by atoms with Crippen LogP contribution >= 0.6 is 0 Å². The third-order valence-corrected chi connectivity index (χ3v) is 2.11. The standard InChI is InChI=1S/C10H23N3O/c1-8(6-9(11)12-14)13(5)7-10(2,3)4/h8,14H,6-7H2,1-5H3,(H2,11,12). The van der Waals surface area contributed by atoms with Crippen LogP contribution in [0.1, 0.15) is 34.1 Å². The fourth-order valence-electron chi connectivity index (χ4n) is 1.40. The lowest BCUT2D eigenvalue weighted by Crippen LogP contribution is -2.38. The van der Waals surface area contributed by atoms with Crippen LogP contribution in [-0.4, -0.2) is 35.6 Å². The second-order valence-electron chi connectivity index (χ2n) is 5.12. The first-order valence-corrected chi connectivity index (χ1v) is 4.93. The molecule has 0 aliphatic carbocycles. The highest BCUT2D eigenvalue weighted by molar-refractivity contribution is 5.80. The van der Waals surface area contributed by atoms with Crippen LogP contribution in [0.25, 0.3) is 0 Å². The number of hydrogen-bond acceptors (Lipinski definition) is 3. The minimum Gasteiger partial charge on any atom is -0.409 e. The zero-order valence-electron chi connectivity index (χ0n) is 9.91. The van der Waals surface area contributed by atoms with Crippen molar-refractivity contribution >= 4 is 5.84 Å². The monoisotopic (exact) mass is 201 g/mol. The van der Waals surface area contributed by atoms with E-state index in [0.29, 0.717) is 18.3 Å². The van der Waals surface area contributed by atoms with Gasteiger partial charge in [0.05, 0.1) is 0 Å². The first-order chi connectivity index (χ1) is 6.26. The molecule has 0 aromatic carbocycles. The molecule has 1 unspecified atom stereocenters. The summed E-state index contributed by atoms with van der Waals surface area (Å²) in [6.45, 7) is 9.65. The summed E-state index contributed by atoms with van der Waals surface area (Å²) in [6, 6.07) is 0.296. The Morgan fingerprint density at radius 3 is 2.36 bits per heavy atom. The van der Waals surface area contributed by atoms with Gasteiger partial charge in [-0.15, -0.1) is 0 Å². The van der Waals surface area contributed by atoms with Gasteiger partial charge in [-0.25, -0.2) is 0 Å². The molecule has 0 aromatic heterocycles. The summed E-state index contributed by atoms with van der Waals surface area (Å²) in [6.07, 6.45) is 0.600. The molecule has 1 atom stereocenters. The zero-order valence-corrected chi connectivity index (χ0v) is 9.91. The van der Waals surface area contributed by atoms with Crippen LogP contribution in [0.5, 0.6) is 0 Å². The highest BCUT2D eigenvalue weighted by Gasteiger charge is 2.18. The maximum absolute atomic E-state index is 8.44. The molecule has 14 heavy (non-hydrogen) atoms. The third-order valence-electron chi connectivity index (χ3n) is 2.11. The van der Waals surface area contributed by atoms with Crippen LogP contribution in [0.2, 0.25) is 0 Å². The maximum Gasteiger partial charge on any atom is 0.140 e. The van der Waals surface area contributed by atoms with Crippen molar-refractivity contribution < 1.29 is 5.21 Å². The molecule has 0 fully saturated rings. The summed E-state index contributed by atoms with van der Waals surface area (Å²) in [4.78, 5) is 2.22. The lowest BCUT2D eigenvalue weighted by molar-refractivity contribution is 0.183. The molecule has 0 heterocycles. The minimum atomic E-state index is 0.272. The molecule has 0 saturated heterocycles. The van der Waals surface area contributed by atoms with E-state index in [1.165, 1.54) is 0 Å². The molecule has 0 spiro atoms. The summed E-state index contributed by atoms with van der Waals surface area (Å²) in [5.41, 5.74) is 5.72. The summed E-state index contributed by atoms with van der Waals surface area (Å²) < 4.78 is 0. The minimum absolute atomic E-state index is 0.272. The SMILES string of the molecule is CC(CC(N)=NO)N(C)CC(C)(C)C. The van der Waals surface area contributed by atoms with Crippen molar-refractivity contribution in [2.75, 3.05) is 13.6 Å². The van der Waals surface area contributed by atoms with Gasteiger partial charge in [0.2, 0.25) is 0 Å². The third kappa shape index (κ3) is 5.80. The zero-order chi connectivity index (χ0) is 11.4. The van der Waals surface area contributed by atoms with E-state index in [0.717, 1.165) is 6.54 Å². The quantitative estimate of drug-likeness (QED) is 0.313. The molecule has 84 valence electrons. The van der Waals surface area contributed by atoms with Gasteiger partial charge < -0.3 is 15.8 Å². The average Bonchev–Trinajstić information content (AvgIpc) is 2.00. The molecule has 0 aliphatic rings. The Balaban J connectivity index is 4.06. The van der Waals surface area contributed by atoms with E-state index in [4.69, 9.17) is 10.9 Å². The van der Waals surface area contributed by atoms with Crippen LogP contribution in [0, 0.1) is 5.41 Å². The van der Waals surface area contributed by atoms with Crippen LogP contribution < -0.4 is 5.73 Å². The predicted octanol–water partition coefficient (Wildman–Crippen LogP) is 1.49. The van der Waals surface area contributed by atoms with Crippen molar-refractivity contribution in [2.24, 2.45) is 16.3 Å². The van der Waals surface area contributed by atoms with E-state index in [-0.39, 0.29) is 5.41 Å². The fraction of sp³-hybridized carbons (Fsp3) is 0.900. The van der Waals surface area contributed by atoms with E-state index in [2.05, 4.69) is 44.8 Å². The predicted molar refractivity (Wildman–Crippen MR) is 59.6 cm³/mol. The van der Waals surface area contributed by atoms with Crippen molar-refractivity contribution in [3.63, 3.8) is 0 Å². The van der Waals surface area contributed by atoms with E-state index in [9.17, 15) is 0 Å². The molecule has 0 aliphatic heterocycles. The molecule has 0 amide bonds. The van der Waals surface area contributed by atoms with Gasteiger partial charge in [-0.2, -0.15) is 0 Å². The number of rotatable bonds is 4. The second kappa shape index (κ2) is 5.20. The van der Waals surface area contributed by atoms with Gasteiger partial charge >= 0.3 is 0 Å². The molecular weight excluding hydrogens is 178 g/mol. The van der Waals surface area contributed by atoms with Crippen molar-refractivity contribution in [1.82, 2.24) is 4.90 Å². The van der Waals surface area contributed by atoms with Gasteiger partial charge in [0.15, 0.2) is 0 Å². The number of nitrogens with two attached hydrogens (primary N) is 1. The maximum atomic E-state index is 8.44. The fourth-order valence-corrected chi connectivity index (χ4v) is 1.40. The first kappa shape index (κ1) is 13.2. The number of nitrogens with zero attached hydrogens (tertiary/aromatic N) is 2. The van der Waals surface area contributed by atoms with Gasteiger partial charge in [0.1, 0.15) is 5.84 Å². The van der Waals surface area contributed by atoms with Crippen LogP contribution in [0.4, 0.5) is 0 Å². The summed E-state index contributed by atoms with van der Waals surface area (Å²) in [5, 5.41) is 11.4. The van der Waals surface area contributed by atoms with Gasteiger partial charge in [-0.1, -0.05) is 25.9 Å². The highest BCUT2D eigenvalue weighted by atomic mass is 16.4. The molecule has 0 saturated carbocycles. The Morgan fingerprint density at radius 1 is 1.50 bits per heavy atom. The molecule has 0 rings (SSSR count). The average molecular weight is 201 g/mol. The smallest absolute Gasteiger partial charge is 0.140 e. The van der Waals surface area contributed by atoms with Gasteiger partial charge in [0, 0.05) is 19.0 Å². The van der Waals surface area contributed by atoms with E-state index < -0.39 is 0 Å². The summed E-state index contributed by atoms with van der Waals surface area (Å²) in [7, 11) is 2.06. The Hall–Kier alpha value is -0.770. The Kier molecular flexibility index (Phi) is 4.91. The van der Waals surface area contributed by atoms with Gasteiger partial charge in [-0.3, -0.25) is 0 Å².